The molecule has 0 saturated carbocycles. The highest BCUT2D eigenvalue weighted by Gasteiger charge is 2.07. The largest absolute Gasteiger partial charge is 0.493 e. The Hall–Kier alpha value is -3.60. The summed E-state index contributed by atoms with van der Waals surface area (Å²) in [5, 5.41) is 2.10. The third-order valence-corrected chi connectivity index (χ3v) is 4.19. The molecule has 0 atom stereocenters. The molecule has 0 radical (unpaired) electrons. The van der Waals surface area contributed by atoms with Crippen LogP contribution in [-0.4, -0.2) is 18.4 Å². The second-order valence-corrected chi connectivity index (χ2v) is 6.16. The molecule has 3 rings (SSSR count). The van der Waals surface area contributed by atoms with Gasteiger partial charge in [-0.1, -0.05) is 60.7 Å². The lowest BCUT2D eigenvalue weighted by molar-refractivity contribution is -0.126. The van der Waals surface area contributed by atoms with Crippen LogP contribution in [0, 0.1) is 0 Å². The second kappa shape index (κ2) is 9.37. The van der Waals surface area contributed by atoms with E-state index in [0.29, 0.717) is 12.4 Å². The maximum absolute atomic E-state index is 12.2. The van der Waals surface area contributed by atoms with E-state index in [1.54, 1.807) is 6.08 Å². The van der Waals surface area contributed by atoms with Crippen LogP contribution in [-0.2, 0) is 16.0 Å². The summed E-state index contributed by atoms with van der Waals surface area (Å²) in [6, 6.07) is 21.2. The van der Waals surface area contributed by atoms with Crippen LogP contribution in [0.2, 0.25) is 0 Å². The van der Waals surface area contributed by atoms with Crippen LogP contribution in [0.15, 0.2) is 72.8 Å². The van der Waals surface area contributed by atoms with Gasteiger partial charge in [0.25, 0.3) is 5.91 Å². The number of fused-ring (bicyclic) bond motifs is 1. The Kier molecular flexibility index (Phi) is 6.41. The second-order valence-electron chi connectivity index (χ2n) is 6.16. The van der Waals surface area contributed by atoms with E-state index >= 15 is 0 Å². The van der Waals surface area contributed by atoms with Gasteiger partial charge in [0.2, 0.25) is 5.91 Å². The average Bonchev–Trinajstić information content (AvgIpc) is 2.72. The number of benzene rings is 3. The minimum absolute atomic E-state index is 0.179. The van der Waals surface area contributed by atoms with Gasteiger partial charge in [0.05, 0.1) is 13.0 Å². The molecule has 5 nitrogen and oxygen atoms in total. The third kappa shape index (κ3) is 4.98. The lowest BCUT2D eigenvalue weighted by Gasteiger charge is -2.08. The number of para-hydroxylation sites is 1. The lowest BCUT2D eigenvalue weighted by Crippen LogP contribution is -2.41. The first kappa shape index (κ1) is 19.2. The molecule has 0 spiro atoms. The van der Waals surface area contributed by atoms with Crippen molar-refractivity contribution in [2.75, 3.05) is 6.61 Å². The molecule has 0 aromatic heterocycles. The van der Waals surface area contributed by atoms with Crippen molar-refractivity contribution in [1.29, 1.82) is 0 Å². The molecule has 5 heteroatoms. The molecule has 2 N–H and O–H groups in total. The maximum Gasteiger partial charge on any atom is 0.262 e. The molecule has 2 amide bonds. The van der Waals surface area contributed by atoms with Crippen LogP contribution in [0.5, 0.6) is 5.75 Å². The predicted octanol–water partition coefficient (Wildman–Crippen LogP) is 3.64. The van der Waals surface area contributed by atoms with Crippen molar-refractivity contribution >= 4 is 28.7 Å². The highest BCUT2D eigenvalue weighted by Crippen LogP contribution is 2.20. The molecule has 0 heterocycles. The summed E-state index contributed by atoms with van der Waals surface area (Å²) in [4.78, 5) is 24.2. The summed E-state index contributed by atoms with van der Waals surface area (Å²) in [7, 11) is 0. The molecular formula is C23H22N2O3. The topological polar surface area (TPSA) is 67.4 Å². The minimum Gasteiger partial charge on any atom is -0.493 e. The van der Waals surface area contributed by atoms with Gasteiger partial charge >= 0.3 is 0 Å². The van der Waals surface area contributed by atoms with Crippen molar-refractivity contribution < 1.29 is 14.3 Å². The zero-order valence-electron chi connectivity index (χ0n) is 15.6. The highest BCUT2D eigenvalue weighted by molar-refractivity contribution is 5.94. The number of hydrogen-bond acceptors (Lipinski definition) is 3. The maximum atomic E-state index is 12.2. The Labute approximate surface area is 164 Å². The molecule has 3 aromatic rings. The molecule has 3 aromatic carbocycles. The molecule has 0 fully saturated rings. The fourth-order valence-corrected chi connectivity index (χ4v) is 2.91. The van der Waals surface area contributed by atoms with Gasteiger partial charge in [-0.2, -0.15) is 0 Å². The summed E-state index contributed by atoms with van der Waals surface area (Å²) >= 11 is 0. The van der Waals surface area contributed by atoms with Gasteiger partial charge in [0.15, 0.2) is 0 Å². The van der Waals surface area contributed by atoms with E-state index in [1.165, 1.54) is 6.08 Å². The first-order valence-corrected chi connectivity index (χ1v) is 9.12. The minimum atomic E-state index is -0.419. The van der Waals surface area contributed by atoms with Crippen LogP contribution >= 0.6 is 0 Å². The lowest BCUT2D eigenvalue weighted by atomic mass is 10.0. The van der Waals surface area contributed by atoms with E-state index in [4.69, 9.17) is 4.74 Å². The molecule has 0 aliphatic heterocycles. The Morgan fingerprint density at radius 2 is 1.68 bits per heavy atom. The first-order valence-electron chi connectivity index (χ1n) is 9.12. The van der Waals surface area contributed by atoms with Gasteiger partial charge in [-0.3, -0.25) is 20.4 Å². The van der Waals surface area contributed by atoms with Gasteiger partial charge in [0, 0.05) is 11.6 Å². The fraction of sp³-hybridized carbons (Fsp3) is 0.130. The molecule has 0 saturated heterocycles. The van der Waals surface area contributed by atoms with E-state index in [-0.39, 0.29) is 12.3 Å². The van der Waals surface area contributed by atoms with Crippen molar-refractivity contribution in [3.63, 3.8) is 0 Å². The van der Waals surface area contributed by atoms with Crippen molar-refractivity contribution in [3.05, 3.63) is 83.9 Å². The van der Waals surface area contributed by atoms with Crippen molar-refractivity contribution in [3.8, 4) is 5.75 Å². The SMILES string of the molecule is CCOc1ccccc1/C=C/C(=O)NNC(=O)Cc1cccc2ccccc12. The van der Waals surface area contributed by atoms with Crippen molar-refractivity contribution in [2.45, 2.75) is 13.3 Å². The Morgan fingerprint density at radius 3 is 2.54 bits per heavy atom. The van der Waals surface area contributed by atoms with Crippen LogP contribution in [0.25, 0.3) is 16.8 Å². The number of carbonyl (C=O) groups excluding carboxylic acids is 2. The molecule has 28 heavy (non-hydrogen) atoms. The zero-order chi connectivity index (χ0) is 19.8. The van der Waals surface area contributed by atoms with Gasteiger partial charge < -0.3 is 4.74 Å². The van der Waals surface area contributed by atoms with Crippen LogP contribution < -0.4 is 15.6 Å². The van der Waals surface area contributed by atoms with E-state index in [0.717, 1.165) is 21.9 Å². The van der Waals surface area contributed by atoms with Crippen LogP contribution in [0.3, 0.4) is 0 Å². The number of ether oxygens (including phenoxy) is 1. The van der Waals surface area contributed by atoms with E-state index in [1.807, 2.05) is 73.7 Å². The number of carbonyl (C=O) groups is 2. The zero-order valence-corrected chi connectivity index (χ0v) is 15.6. The molecule has 142 valence electrons. The third-order valence-electron chi connectivity index (χ3n) is 4.19. The quantitative estimate of drug-likeness (QED) is 0.511. The number of rotatable bonds is 6. The van der Waals surface area contributed by atoms with Crippen LogP contribution in [0.4, 0.5) is 0 Å². The van der Waals surface area contributed by atoms with Crippen molar-refractivity contribution in [1.82, 2.24) is 10.9 Å². The highest BCUT2D eigenvalue weighted by atomic mass is 16.5. The summed E-state index contributed by atoms with van der Waals surface area (Å²) < 4.78 is 5.52. The summed E-state index contributed by atoms with van der Waals surface area (Å²) in [6.45, 7) is 2.44. The molecule has 0 bridgehead atoms. The fourth-order valence-electron chi connectivity index (χ4n) is 2.91. The Morgan fingerprint density at radius 1 is 0.929 bits per heavy atom. The van der Waals surface area contributed by atoms with Crippen molar-refractivity contribution in [2.24, 2.45) is 0 Å². The number of amides is 2. The Balaban J connectivity index is 1.56. The monoisotopic (exact) mass is 374 g/mol. The normalized spacial score (nSPS) is 10.8. The smallest absolute Gasteiger partial charge is 0.262 e. The number of hydrazine groups is 1. The van der Waals surface area contributed by atoms with Crippen LogP contribution in [0.1, 0.15) is 18.1 Å². The van der Waals surface area contributed by atoms with Gasteiger partial charge in [0.1, 0.15) is 5.75 Å². The number of hydrogen-bond donors (Lipinski definition) is 2. The van der Waals surface area contributed by atoms with E-state index < -0.39 is 5.91 Å². The first-order chi connectivity index (χ1) is 13.7. The van der Waals surface area contributed by atoms with E-state index in [9.17, 15) is 9.59 Å². The average molecular weight is 374 g/mol. The standard InChI is InChI=1S/C23H22N2O3/c1-2-28-21-13-6-4-9-18(21)14-15-22(26)24-25-23(27)16-19-11-7-10-17-8-3-5-12-20(17)19/h3-15H,2,16H2,1H3,(H,24,26)(H,25,27)/b15-14+. The van der Waals surface area contributed by atoms with Gasteiger partial charge in [-0.05, 0) is 35.4 Å². The van der Waals surface area contributed by atoms with Gasteiger partial charge in [-0.25, -0.2) is 0 Å². The van der Waals surface area contributed by atoms with E-state index in [2.05, 4.69) is 10.9 Å². The molecule has 0 aliphatic carbocycles. The molecular weight excluding hydrogens is 352 g/mol. The molecule has 0 aliphatic rings. The Bertz CT molecular complexity index is 1010. The predicted molar refractivity (Wildman–Crippen MR) is 111 cm³/mol. The summed E-state index contributed by atoms with van der Waals surface area (Å²) in [5.41, 5.74) is 6.56. The number of nitrogens with one attached hydrogen (secondary N) is 2. The summed E-state index contributed by atoms with van der Waals surface area (Å²) in [6.07, 6.45) is 3.19. The summed E-state index contributed by atoms with van der Waals surface area (Å²) in [5.74, 6) is -0.000526. The molecule has 0 unspecified atom stereocenters. The van der Waals surface area contributed by atoms with Gasteiger partial charge in [-0.15, -0.1) is 0 Å².